The molecular formula is C19H18N6O4S2. The van der Waals surface area contributed by atoms with Crippen LogP contribution in [-0.4, -0.2) is 65.0 Å². The number of imide groups is 1. The fraction of sp³-hybridized carbons (Fsp3) is 0.316. The Hall–Kier alpha value is -2.83. The molecule has 160 valence electrons. The third-order valence-electron chi connectivity index (χ3n) is 5.60. The number of fused-ring (bicyclic) bond motifs is 1. The predicted molar refractivity (Wildman–Crippen MR) is 113 cm³/mol. The molecule has 0 radical (unpaired) electrons. The first-order valence-corrected chi connectivity index (χ1v) is 11.9. The molecule has 2 aromatic rings. The summed E-state index contributed by atoms with van der Waals surface area (Å²) in [4.78, 5) is 38.3. The van der Waals surface area contributed by atoms with Gasteiger partial charge in [0.15, 0.2) is 5.82 Å². The first kappa shape index (κ1) is 20.1. The van der Waals surface area contributed by atoms with E-state index < -0.39 is 21.2 Å². The Balaban J connectivity index is 1.29. The molecule has 0 bridgehead atoms. The summed E-state index contributed by atoms with van der Waals surface area (Å²) in [6.07, 6.45) is 2.83. The molecule has 3 aliphatic rings. The van der Waals surface area contributed by atoms with Crippen molar-refractivity contribution < 1.29 is 18.0 Å². The summed E-state index contributed by atoms with van der Waals surface area (Å²) in [5.41, 5.74) is 0. The molecule has 0 aliphatic carbocycles. The first-order valence-electron chi connectivity index (χ1n) is 9.64. The van der Waals surface area contributed by atoms with Crippen LogP contribution in [0, 0.1) is 11.8 Å². The van der Waals surface area contributed by atoms with E-state index in [0.717, 1.165) is 11.8 Å². The Morgan fingerprint density at radius 2 is 1.74 bits per heavy atom. The van der Waals surface area contributed by atoms with Gasteiger partial charge in [-0.25, -0.2) is 18.4 Å². The van der Waals surface area contributed by atoms with Crippen molar-refractivity contribution in [3.8, 4) is 0 Å². The van der Waals surface area contributed by atoms with Gasteiger partial charge >= 0.3 is 0 Å². The summed E-state index contributed by atoms with van der Waals surface area (Å²) in [7, 11) is -3.49. The highest BCUT2D eigenvalue weighted by molar-refractivity contribution is 8.18. The number of hydrogen-bond donors (Lipinski definition) is 1. The summed E-state index contributed by atoms with van der Waals surface area (Å²) in [5.74, 6) is 0.676. The van der Waals surface area contributed by atoms with Gasteiger partial charge in [0.25, 0.3) is 11.1 Å². The maximum absolute atomic E-state index is 12.9. The predicted octanol–water partition coefficient (Wildman–Crippen LogP) is 0.952. The number of carbonyl (C=O) groups is 2. The number of nitrogens with zero attached hydrogens (tertiary/aromatic N) is 5. The second-order valence-electron chi connectivity index (χ2n) is 7.56. The summed E-state index contributed by atoms with van der Waals surface area (Å²) in [5, 5.41) is 1.77. The summed E-state index contributed by atoms with van der Waals surface area (Å²) >= 11 is 0.806. The topological polar surface area (TPSA) is 125 Å². The summed E-state index contributed by atoms with van der Waals surface area (Å²) in [6.45, 7) is 2.19. The lowest BCUT2D eigenvalue weighted by molar-refractivity contribution is -0.115. The monoisotopic (exact) mass is 458 g/mol. The van der Waals surface area contributed by atoms with Crippen LogP contribution in [0.4, 0.5) is 10.7 Å². The third kappa shape index (κ3) is 3.82. The quantitative estimate of drug-likeness (QED) is 0.667. The van der Waals surface area contributed by atoms with E-state index in [1.54, 1.807) is 34.6 Å². The number of aromatic nitrogens is 3. The van der Waals surface area contributed by atoms with Crippen LogP contribution in [0.5, 0.6) is 0 Å². The van der Waals surface area contributed by atoms with Crippen LogP contribution in [-0.2, 0) is 14.8 Å². The van der Waals surface area contributed by atoms with Gasteiger partial charge in [-0.3, -0.25) is 14.9 Å². The molecule has 4 heterocycles. The number of anilines is 1. The van der Waals surface area contributed by atoms with Crippen molar-refractivity contribution in [3.63, 3.8) is 0 Å². The molecule has 1 aromatic carbocycles. The van der Waals surface area contributed by atoms with Crippen molar-refractivity contribution >= 4 is 45.0 Å². The van der Waals surface area contributed by atoms with Crippen molar-refractivity contribution in [2.24, 2.45) is 11.8 Å². The van der Waals surface area contributed by atoms with Crippen LogP contribution in [0.2, 0.25) is 0 Å². The molecule has 31 heavy (non-hydrogen) atoms. The van der Waals surface area contributed by atoms with E-state index in [1.165, 1.54) is 12.4 Å². The molecular weight excluding hydrogens is 440 g/mol. The van der Waals surface area contributed by atoms with Gasteiger partial charge in [-0.2, -0.15) is 9.29 Å². The molecule has 2 atom stereocenters. The highest BCUT2D eigenvalue weighted by Crippen LogP contribution is 2.35. The fourth-order valence-electron chi connectivity index (χ4n) is 4.11. The van der Waals surface area contributed by atoms with E-state index in [1.807, 2.05) is 4.90 Å². The SMILES string of the molecule is O=C1NC(=O)/C(=C/c2ncnc(N3CC4CN(S(=O)(=O)c5ccccc5)CC4C3)n2)S1. The number of hydrogen-bond acceptors (Lipinski definition) is 9. The zero-order valence-corrected chi connectivity index (χ0v) is 17.8. The number of sulfonamides is 1. The van der Waals surface area contributed by atoms with Gasteiger partial charge in [0.2, 0.25) is 16.0 Å². The van der Waals surface area contributed by atoms with Crippen molar-refractivity contribution in [1.29, 1.82) is 0 Å². The summed E-state index contributed by atoms with van der Waals surface area (Å²) in [6, 6.07) is 8.48. The molecule has 0 spiro atoms. The lowest BCUT2D eigenvalue weighted by Gasteiger charge is -2.21. The number of rotatable bonds is 4. The maximum Gasteiger partial charge on any atom is 0.290 e. The Labute approximate surface area is 182 Å². The highest BCUT2D eigenvalue weighted by Gasteiger charge is 2.44. The van der Waals surface area contributed by atoms with Gasteiger partial charge in [-0.15, -0.1) is 0 Å². The fourth-order valence-corrected chi connectivity index (χ4v) is 6.34. The van der Waals surface area contributed by atoms with E-state index >= 15 is 0 Å². The molecule has 5 rings (SSSR count). The number of nitrogens with one attached hydrogen (secondary N) is 1. The molecule has 1 aromatic heterocycles. The lowest BCUT2D eigenvalue weighted by atomic mass is 10.0. The van der Waals surface area contributed by atoms with Crippen LogP contribution >= 0.6 is 11.8 Å². The number of thioether (sulfide) groups is 1. The van der Waals surface area contributed by atoms with Gasteiger partial charge in [0.1, 0.15) is 6.33 Å². The van der Waals surface area contributed by atoms with Crippen LogP contribution in [0.15, 0.2) is 46.5 Å². The lowest BCUT2D eigenvalue weighted by Crippen LogP contribution is -2.33. The minimum absolute atomic E-state index is 0.186. The second kappa shape index (κ2) is 7.70. The maximum atomic E-state index is 12.9. The number of carbonyl (C=O) groups excluding carboxylic acids is 2. The zero-order chi connectivity index (χ0) is 21.6. The molecule has 3 aliphatic heterocycles. The van der Waals surface area contributed by atoms with Crippen LogP contribution < -0.4 is 10.2 Å². The minimum atomic E-state index is -3.49. The van der Waals surface area contributed by atoms with Gasteiger partial charge in [-0.1, -0.05) is 18.2 Å². The van der Waals surface area contributed by atoms with Crippen molar-refractivity contribution in [3.05, 3.63) is 47.4 Å². The van der Waals surface area contributed by atoms with Gasteiger partial charge < -0.3 is 4.90 Å². The van der Waals surface area contributed by atoms with Crippen molar-refractivity contribution in [2.45, 2.75) is 4.90 Å². The Bertz CT molecular complexity index is 1170. The third-order valence-corrected chi connectivity index (χ3v) is 8.25. The number of amides is 2. The largest absolute Gasteiger partial charge is 0.340 e. The molecule has 2 unspecified atom stereocenters. The van der Waals surface area contributed by atoms with Crippen LogP contribution in [0.1, 0.15) is 5.82 Å². The zero-order valence-electron chi connectivity index (χ0n) is 16.2. The van der Waals surface area contributed by atoms with E-state index in [4.69, 9.17) is 0 Å². The van der Waals surface area contributed by atoms with Crippen LogP contribution in [0.3, 0.4) is 0 Å². The molecule has 10 nitrogen and oxygen atoms in total. The smallest absolute Gasteiger partial charge is 0.290 e. The molecule has 12 heteroatoms. The van der Waals surface area contributed by atoms with Gasteiger partial charge in [-0.05, 0) is 35.7 Å². The normalized spacial score (nSPS) is 25.3. The Morgan fingerprint density at radius 3 is 2.39 bits per heavy atom. The van der Waals surface area contributed by atoms with Gasteiger partial charge in [0, 0.05) is 32.3 Å². The van der Waals surface area contributed by atoms with Crippen LogP contribution in [0.25, 0.3) is 6.08 Å². The summed E-state index contributed by atoms with van der Waals surface area (Å²) < 4.78 is 27.3. The Morgan fingerprint density at radius 1 is 1.03 bits per heavy atom. The van der Waals surface area contributed by atoms with E-state index in [9.17, 15) is 18.0 Å². The van der Waals surface area contributed by atoms with E-state index in [2.05, 4.69) is 20.3 Å². The van der Waals surface area contributed by atoms with Gasteiger partial charge in [0.05, 0.1) is 9.80 Å². The number of benzene rings is 1. The highest BCUT2D eigenvalue weighted by atomic mass is 32.2. The van der Waals surface area contributed by atoms with E-state index in [-0.39, 0.29) is 16.7 Å². The minimum Gasteiger partial charge on any atom is -0.340 e. The van der Waals surface area contributed by atoms with Crippen molar-refractivity contribution in [1.82, 2.24) is 24.6 Å². The molecule has 2 amide bonds. The standard InChI is InChI=1S/C19H18N6O4S2/c26-17-15(30-19(27)23-17)6-16-20-11-21-18(22-16)24-7-12-9-25(10-13(12)8-24)31(28,29)14-4-2-1-3-5-14/h1-6,11-13H,7-10H2,(H,23,26,27)/b15-6-. The first-order chi connectivity index (χ1) is 14.9. The van der Waals surface area contributed by atoms with E-state index in [0.29, 0.717) is 42.8 Å². The molecule has 3 saturated heterocycles. The molecule has 3 fully saturated rings. The Kier molecular flexibility index (Phi) is 4.99. The molecule has 1 N–H and O–H groups in total. The average molecular weight is 459 g/mol. The molecule has 0 saturated carbocycles. The van der Waals surface area contributed by atoms with Crippen molar-refractivity contribution in [2.75, 3.05) is 31.1 Å². The second-order valence-corrected chi connectivity index (χ2v) is 10.5. The average Bonchev–Trinajstić information content (AvgIpc) is 3.42.